The number of benzene rings is 2. The number of fused-ring (bicyclic) bond motifs is 2. The first-order valence-corrected chi connectivity index (χ1v) is 7.19. The maximum absolute atomic E-state index is 6.09. The summed E-state index contributed by atoms with van der Waals surface area (Å²) in [5, 5.41) is 3.22. The number of ether oxygens (including phenoxy) is 1. The Labute approximate surface area is 128 Å². The number of para-hydroxylation sites is 1. The molecule has 0 aliphatic rings. The van der Waals surface area contributed by atoms with Crippen LogP contribution in [0, 0.1) is 6.92 Å². The van der Waals surface area contributed by atoms with Gasteiger partial charge < -0.3 is 4.74 Å². The van der Waals surface area contributed by atoms with E-state index in [0.717, 1.165) is 33.0 Å². The van der Waals surface area contributed by atoms with Crippen LogP contribution in [0.1, 0.15) is 5.56 Å². The molecule has 3 nitrogen and oxygen atoms in total. The van der Waals surface area contributed by atoms with Crippen LogP contribution >= 0.6 is 0 Å². The largest absolute Gasteiger partial charge is 0.436 e. The Morgan fingerprint density at radius 3 is 2.55 bits per heavy atom. The monoisotopic (exact) mass is 286 g/mol. The van der Waals surface area contributed by atoms with Crippen molar-refractivity contribution in [1.29, 1.82) is 0 Å². The Morgan fingerprint density at radius 1 is 0.818 bits per heavy atom. The van der Waals surface area contributed by atoms with E-state index in [2.05, 4.69) is 23.0 Å². The normalized spacial score (nSPS) is 11.0. The summed E-state index contributed by atoms with van der Waals surface area (Å²) in [5.41, 5.74) is 1.98. The molecule has 0 unspecified atom stereocenters. The van der Waals surface area contributed by atoms with E-state index in [1.807, 2.05) is 54.7 Å². The first-order valence-electron chi connectivity index (χ1n) is 7.19. The fourth-order valence-corrected chi connectivity index (χ4v) is 2.65. The van der Waals surface area contributed by atoms with Gasteiger partial charge in [-0.15, -0.1) is 0 Å². The van der Waals surface area contributed by atoms with Gasteiger partial charge in [0, 0.05) is 23.2 Å². The number of hydrogen-bond donors (Lipinski definition) is 0. The summed E-state index contributed by atoms with van der Waals surface area (Å²) in [6.07, 6.45) is 3.62. The average molecular weight is 286 g/mol. The zero-order chi connectivity index (χ0) is 14.9. The third-order valence-electron chi connectivity index (χ3n) is 3.76. The summed E-state index contributed by atoms with van der Waals surface area (Å²) in [4.78, 5) is 8.88. The van der Waals surface area contributed by atoms with Gasteiger partial charge in [0.05, 0.1) is 0 Å². The van der Waals surface area contributed by atoms with Crippen molar-refractivity contribution in [2.24, 2.45) is 0 Å². The van der Waals surface area contributed by atoms with Crippen molar-refractivity contribution in [3.63, 3.8) is 0 Å². The summed E-state index contributed by atoms with van der Waals surface area (Å²) in [6, 6.07) is 18.0. The molecule has 106 valence electrons. The second kappa shape index (κ2) is 5.11. The first kappa shape index (κ1) is 12.8. The molecule has 0 amide bonds. The van der Waals surface area contributed by atoms with Gasteiger partial charge in [-0.25, -0.2) is 4.98 Å². The van der Waals surface area contributed by atoms with Crippen LogP contribution in [-0.4, -0.2) is 9.97 Å². The van der Waals surface area contributed by atoms with Crippen molar-refractivity contribution in [2.75, 3.05) is 0 Å². The van der Waals surface area contributed by atoms with Crippen molar-refractivity contribution in [2.45, 2.75) is 6.92 Å². The van der Waals surface area contributed by atoms with Gasteiger partial charge in [-0.3, -0.25) is 4.98 Å². The van der Waals surface area contributed by atoms with Crippen molar-refractivity contribution in [3.05, 3.63) is 72.6 Å². The number of aryl methyl sites for hydroxylation is 1. The Bertz CT molecular complexity index is 974. The molecule has 22 heavy (non-hydrogen) atoms. The number of pyridine rings is 2. The van der Waals surface area contributed by atoms with E-state index in [-0.39, 0.29) is 0 Å². The molecule has 2 heterocycles. The zero-order valence-electron chi connectivity index (χ0n) is 12.2. The molecule has 0 aliphatic heterocycles. The van der Waals surface area contributed by atoms with Crippen molar-refractivity contribution in [1.82, 2.24) is 9.97 Å². The van der Waals surface area contributed by atoms with E-state index < -0.39 is 0 Å². The molecule has 0 saturated heterocycles. The van der Waals surface area contributed by atoms with Gasteiger partial charge in [-0.1, -0.05) is 36.4 Å². The third kappa shape index (κ3) is 2.07. The zero-order valence-corrected chi connectivity index (χ0v) is 12.2. The Hall–Kier alpha value is -2.94. The lowest BCUT2D eigenvalue weighted by Crippen LogP contribution is -1.93. The van der Waals surface area contributed by atoms with E-state index >= 15 is 0 Å². The molecule has 0 atom stereocenters. The minimum Gasteiger partial charge on any atom is -0.436 e. The molecule has 0 saturated carbocycles. The van der Waals surface area contributed by atoms with Gasteiger partial charge in [-0.05, 0) is 36.1 Å². The van der Waals surface area contributed by atoms with Gasteiger partial charge in [0.1, 0.15) is 5.52 Å². The van der Waals surface area contributed by atoms with E-state index in [9.17, 15) is 0 Å². The van der Waals surface area contributed by atoms with Gasteiger partial charge in [0.2, 0.25) is 5.88 Å². The number of hydrogen-bond acceptors (Lipinski definition) is 3. The maximum Gasteiger partial charge on any atom is 0.227 e. The lowest BCUT2D eigenvalue weighted by molar-refractivity contribution is 0.473. The predicted molar refractivity (Wildman–Crippen MR) is 88.3 cm³/mol. The summed E-state index contributed by atoms with van der Waals surface area (Å²) in [5.74, 6) is 1.33. The van der Waals surface area contributed by atoms with Crippen molar-refractivity contribution < 1.29 is 4.74 Å². The predicted octanol–water partition coefficient (Wildman–Crippen LogP) is 4.88. The summed E-state index contributed by atoms with van der Waals surface area (Å²) in [7, 11) is 0. The average Bonchev–Trinajstić information content (AvgIpc) is 2.58. The van der Waals surface area contributed by atoms with Gasteiger partial charge in [0.25, 0.3) is 0 Å². The van der Waals surface area contributed by atoms with Crippen molar-refractivity contribution >= 4 is 21.7 Å². The van der Waals surface area contributed by atoms with Crippen LogP contribution < -0.4 is 4.74 Å². The highest BCUT2D eigenvalue weighted by molar-refractivity contribution is 5.90. The lowest BCUT2D eigenvalue weighted by Gasteiger charge is -2.10. The molecule has 0 spiro atoms. The number of aromatic nitrogens is 2. The molecule has 0 bridgehead atoms. The van der Waals surface area contributed by atoms with Crippen LogP contribution in [0.2, 0.25) is 0 Å². The number of nitrogens with zero attached hydrogens (tertiary/aromatic N) is 2. The second-order valence-electron chi connectivity index (χ2n) is 5.23. The Balaban J connectivity index is 1.88. The first-order chi connectivity index (χ1) is 10.8. The Morgan fingerprint density at radius 2 is 1.64 bits per heavy atom. The van der Waals surface area contributed by atoms with Gasteiger partial charge in [0.15, 0.2) is 5.75 Å². The maximum atomic E-state index is 6.09. The standard InChI is InChI=1S/C19H14N2O/c1-13-12-21-19(16-9-3-2-8-15(13)16)22-17-10-4-6-14-7-5-11-20-18(14)17/h2-12H,1H3. The lowest BCUT2D eigenvalue weighted by atomic mass is 10.1. The summed E-state index contributed by atoms with van der Waals surface area (Å²) in [6.45, 7) is 2.05. The van der Waals surface area contributed by atoms with Crippen LogP contribution in [0.15, 0.2) is 67.0 Å². The molecule has 2 aromatic carbocycles. The van der Waals surface area contributed by atoms with Gasteiger partial charge >= 0.3 is 0 Å². The highest BCUT2D eigenvalue weighted by Gasteiger charge is 2.09. The summed E-state index contributed by atoms with van der Waals surface area (Å²) >= 11 is 0. The molecule has 2 aromatic heterocycles. The highest BCUT2D eigenvalue weighted by atomic mass is 16.5. The topological polar surface area (TPSA) is 35.0 Å². The molecule has 4 rings (SSSR count). The van der Waals surface area contributed by atoms with E-state index in [1.165, 1.54) is 0 Å². The van der Waals surface area contributed by atoms with Crippen LogP contribution in [0.3, 0.4) is 0 Å². The minimum atomic E-state index is 0.611. The second-order valence-corrected chi connectivity index (χ2v) is 5.23. The molecule has 0 radical (unpaired) electrons. The SMILES string of the molecule is Cc1cnc(Oc2cccc3cccnc23)c2ccccc12. The highest BCUT2D eigenvalue weighted by Crippen LogP contribution is 2.32. The quantitative estimate of drug-likeness (QED) is 0.526. The van der Waals surface area contributed by atoms with Crippen LogP contribution in [0.4, 0.5) is 0 Å². The van der Waals surface area contributed by atoms with E-state index in [0.29, 0.717) is 5.88 Å². The molecule has 0 fully saturated rings. The fourth-order valence-electron chi connectivity index (χ4n) is 2.65. The van der Waals surface area contributed by atoms with E-state index in [4.69, 9.17) is 4.74 Å². The molecule has 0 aliphatic carbocycles. The fraction of sp³-hybridized carbons (Fsp3) is 0.0526. The van der Waals surface area contributed by atoms with Crippen LogP contribution in [-0.2, 0) is 0 Å². The summed E-state index contributed by atoms with van der Waals surface area (Å²) < 4.78 is 6.09. The Kier molecular flexibility index (Phi) is 2.97. The molecule has 3 heteroatoms. The third-order valence-corrected chi connectivity index (χ3v) is 3.76. The number of rotatable bonds is 2. The molecule has 4 aromatic rings. The minimum absolute atomic E-state index is 0.611. The van der Waals surface area contributed by atoms with E-state index in [1.54, 1.807) is 6.20 Å². The van der Waals surface area contributed by atoms with Crippen LogP contribution in [0.25, 0.3) is 21.7 Å². The van der Waals surface area contributed by atoms with Gasteiger partial charge in [-0.2, -0.15) is 0 Å². The smallest absolute Gasteiger partial charge is 0.227 e. The molecular formula is C19H14N2O. The molecule has 0 N–H and O–H groups in total. The molecular weight excluding hydrogens is 272 g/mol. The van der Waals surface area contributed by atoms with Crippen molar-refractivity contribution in [3.8, 4) is 11.6 Å². The van der Waals surface area contributed by atoms with Crippen LogP contribution in [0.5, 0.6) is 11.6 Å².